The molecule has 2 aromatic rings. The Kier molecular flexibility index (Phi) is 5.08. The molecule has 3 fully saturated rings. The number of carbonyl (C=O) groups is 2. The van der Waals surface area contributed by atoms with Crippen molar-refractivity contribution in [1.29, 1.82) is 0 Å². The number of aromatic nitrogens is 2. The number of hydrogen-bond donors (Lipinski definition) is 1. The lowest BCUT2D eigenvalue weighted by molar-refractivity contribution is -0.139. The van der Waals surface area contributed by atoms with Gasteiger partial charge >= 0.3 is 6.03 Å². The van der Waals surface area contributed by atoms with Gasteiger partial charge in [-0.25, -0.2) is 9.48 Å². The molecule has 0 aliphatic carbocycles. The lowest BCUT2D eigenvalue weighted by Crippen LogP contribution is -2.63. The number of morpholine rings is 1. The monoisotopic (exact) mass is 449 g/mol. The smallest absolute Gasteiger partial charge is 0.320 e. The van der Waals surface area contributed by atoms with Crippen molar-refractivity contribution in [1.82, 2.24) is 24.9 Å². The first-order valence-electron chi connectivity index (χ1n) is 9.94. The first-order valence-corrected chi connectivity index (χ1v) is 10.7. The fourth-order valence-electron chi connectivity index (χ4n) is 4.25. The summed E-state index contributed by atoms with van der Waals surface area (Å²) in [4.78, 5) is 28.1. The first kappa shape index (κ1) is 19.7. The topological polar surface area (TPSA) is 79.7 Å². The fraction of sp³-hybridized carbons (Fsp3) is 0.450. The summed E-state index contributed by atoms with van der Waals surface area (Å²) in [6.45, 7) is 2.48. The van der Waals surface area contributed by atoms with E-state index in [9.17, 15) is 9.59 Å². The number of benzene rings is 1. The number of ether oxygens (including phenoxy) is 1. The third kappa shape index (κ3) is 3.64. The highest BCUT2D eigenvalue weighted by Gasteiger charge is 2.40. The predicted octanol–water partition coefficient (Wildman–Crippen LogP) is 2.29. The van der Waals surface area contributed by atoms with E-state index in [2.05, 4.69) is 10.4 Å². The summed E-state index contributed by atoms with van der Waals surface area (Å²) in [5, 5.41) is 8.67. The van der Waals surface area contributed by atoms with Crippen molar-refractivity contribution in [3.05, 3.63) is 46.2 Å². The number of halogens is 2. The lowest BCUT2D eigenvalue weighted by atomic mass is 9.96. The molecule has 30 heavy (non-hydrogen) atoms. The largest absolute Gasteiger partial charge is 0.366 e. The minimum absolute atomic E-state index is 0.000421. The standard InChI is InChI=1S/C20H21Cl2N5O3/c21-13-1-2-17(14(22)7-13)27-6-3-15(24-27)12-8-26(9-12)20(29)25-5-4-18-16(10-25)23-19(28)11-30-18/h1-3,6-7,12,16,18H,4-5,8-11H2,(H,23,28)/t16-,18+/m1/s1. The van der Waals surface area contributed by atoms with Crippen molar-refractivity contribution in [3.63, 3.8) is 0 Å². The van der Waals surface area contributed by atoms with Crippen molar-refractivity contribution in [2.24, 2.45) is 0 Å². The second-order valence-corrected chi connectivity index (χ2v) is 8.77. The number of piperidine rings is 1. The molecule has 3 aliphatic heterocycles. The van der Waals surface area contributed by atoms with Crippen LogP contribution in [0.15, 0.2) is 30.5 Å². The molecule has 158 valence electrons. The third-order valence-electron chi connectivity index (χ3n) is 5.93. The van der Waals surface area contributed by atoms with Crippen LogP contribution >= 0.6 is 23.2 Å². The number of rotatable bonds is 2. The van der Waals surface area contributed by atoms with Crippen LogP contribution in [0.4, 0.5) is 4.79 Å². The van der Waals surface area contributed by atoms with E-state index in [4.69, 9.17) is 27.9 Å². The van der Waals surface area contributed by atoms with Crippen molar-refractivity contribution >= 4 is 35.1 Å². The van der Waals surface area contributed by atoms with E-state index >= 15 is 0 Å². The van der Waals surface area contributed by atoms with Gasteiger partial charge in [-0.2, -0.15) is 5.10 Å². The molecule has 5 rings (SSSR count). The van der Waals surface area contributed by atoms with Gasteiger partial charge in [-0.05, 0) is 30.7 Å². The Balaban J connectivity index is 1.19. The Morgan fingerprint density at radius 3 is 2.80 bits per heavy atom. The first-order chi connectivity index (χ1) is 14.5. The van der Waals surface area contributed by atoms with E-state index in [1.807, 2.05) is 23.2 Å². The molecule has 0 spiro atoms. The van der Waals surface area contributed by atoms with E-state index in [0.717, 1.165) is 17.8 Å². The molecule has 0 saturated carbocycles. The summed E-state index contributed by atoms with van der Waals surface area (Å²) < 4.78 is 7.29. The van der Waals surface area contributed by atoms with Crippen molar-refractivity contribution in [3.8, 4) is 5.69 Å². The second-order valence-electron chi connectivity index (χ2n) is 7.92. The predicted molar refractivity (Wildman–Crippen MR) is 111 cm³/mol. The number of urea groups is 1. The molecule has 0 radical (unpaired) electrons. The molecule has 1 aromatic heterocycles. The van der Waals surface area contributed by atoms with E-state index in [1.165, 1.54) is 0 Å². The Bertz CT molecular complexity index is 991. The zero-order valence-electron chi connectivity index (χ0n) is 16.1. The molecule has 0 unspecified atom stereocenters. The van der Waals surface area contributed by atoms with Gasteiger partial charge in [0.2, 0.25) is 5.91 Å². The van der Waals surface area contributed by atoms with Gasteiger partial charge in [0, 0.05) is 43.3 Å². The van der Waals surface area contributed by atoms with Crippen molar-refractivity contribution in [2.45, 2.75) is 24.5 Å². The Labute approximate surface area is 183 Å². The molecule has 3 amide bonds. The maximum atomic E-state index is 12.9. The highest BCUT2D eigenvalue weighted by atomic mass is 35.5. The van der Waals surface area contributed by atoms with E-state index < -0.39 is 0 Å². The van der Waals surface area contributed by atoms with Gasteiger partial charge in [-0.3, -0.25) is 4.79 Å². The van der Waals surface area contributed by atoms with Gasteiger partial charge < -0.3 is 19.9 Å². The fourth-order valence-corrected chi connectivity index (χ4v) is 4.75. The Morgan fingerprint density at radius 2 is 2.00 bits per heavy atom. The summed E-state index contributed by atoms with van der Waals surface area (Å²) >= 11 is 12.2. The van der Waals surface area contributed by atoms with Crippen LogP contribution in [0, 0.1) is 0 Å². The quantitative estimate of drug-likeness (QED) is 0.762. The number of nitrogens with one attached hydrogen (secondary N) is 1. The number of likely N-dealkylation sites (tertiary alicyclic amines) is 2. The molecule has 4 heterocycles. The number of carbonyl (C=O) groups excluding carboxylic acids is 2. The molecule has 3 saturated heterocycles. The van der Waals surface area contributed by atoms with E-state index in [1.54, 1.807) is 21.7 Å². The maximum Gasteiger partial charge on any atom is 0.320 e. The average Bonchev–Trinajstić information content (AvgIpc) is 3.15. The average molecular weight is 450 g/mol. The van der Waals surface area contributed by atoms with E-state index in [-0.39, 0.29) is 36.6 Å². The summed E-state index contributed by atoms with van der Waals surface area (Å²) in [6.07, 6.45) is 2.60. The highest BCUT2D eigenvalue weighted by molar-refractivity contribution is 6.35. The molecular weight excluding hydrogens is 429 g/mol. The second kappa shape index (κ2) is 7.76. The molecule has 10 heteroatoms. The van der Waals surface area contributed by atoms with Crippen molar-refractivity contribution in [2.75, 3.05) is 32.8 Å². The van der Waals surface area contributed by atoms with Crippen LogP contribution in [-0.4, -0.2) is 76.5 Å². The van der Waals surface area contributed by atoms with Gasteiger partial charge in [-0.15, -0.1) is 0 Å². The molecule has 3 aliphatic rings. The van der Waals surface area contributed by atoms with Gasteiger partial charge in [0.15, 0.2) is 0 Å². The normalized spacial score (nSPS) is 24.3. The molecular formula is C20H21Cl2N5O3. The van der Waals surface area contributed by atoms with E-state index in [0.29, 0.717) is 36.2 Å². The number of fused-ring (bicyclic) bond motifs is 1. The molecule has 1 N–H and O–H groups in total. The van der Waals surface area contributed by atoms with Crippen LogP contribution in [0.3, 0.4) is 0 Å². The zero-order chi connectivity index (χ0) is 20.8. The van der Waals surface area contributed by atoms with Gasteiger partial charge in [0.05, 0.1) is 28.5 Å². The van der Waals surface area contributed by atoms with Crippen LogP contribution in [0.5, 0.6) is 0 Å². The number of nitrogens with zero attached hydrogens (tertiary/aromatic N) is 4. The third-order valence-corrected chi connectivity index (χ3v) is 6.47. The van der Waals surface area contributed by atoms with Crippen LogP contribution in [0.2, 0.25) is 10.0 Å². The van der Waals surface area contributed by atoms with Crippen LogP contribution in [0.1, 0.15) is 18.0 Å². The lowest BCUT2D eigenvalue weighted by Gasteiger charge is -2.45. The van der Waals surface area contributed by atoms with Crippen LogP contribution in [-0.2, 0) is 9.53 Å². The minimum atomic E-state index is -0.124. The van der Waals surface area contributed by atoms with Gasteiger partial charge in [-0.1, -0.05) is 23.2 Å². The van der Waals surface area contributed by atoms with Crippen LogP contribution < -0.4 is 5.32 Å². The summed E-state index contributed by atoms with van der Waals surface area (Å²) in [6, 6.07) is 7.13. The summed E-state index contributed by atoms with van der Waals surface area (Å²) in [5.41, 5.74) is 1.69. The zero-order valence-corrected chi connectivity index (χ0v) is 17.6. The number of hydrogen-bond acceptors (Lipinski definition) is 4. The molecule has 8 nitrogen and oxygen atoms in total. The molecule has 2 atom stereocenters. The van der Waals surface area contributed by atoms with Gasteiger partial charge in [0.1, 0.15) is 6.61 Å². The summed E-state index contributed by atoms with van der Waals surface area (Å²) in [5.74, 6) is 0.0717. The van der Waals surface area contributed by atoms with Gasteiger partial charge in [0.25, 0.3) is 0 Å². The maximum absolute atomic E-state index is 12.9. The number of amides is 3. The summed E-state index contributed by atoms with van der Waals surface area (Å²) in [7, 11) is 0. The SMILES string of the molecule is O=C1CO[C@H]2CCN(C(=O)N3CC(c4ccn(-c5ccc(Cl)cc5Cl)n4)C3)C[C@H]2N1. The molecule has 1 aromatic carbocycles. The highest BCUT2D eigenvalue weighted by Crippen LogP contribution is 2.30. The minimum Gasteiger partial charge on any atom is -0.366 e. The Hall–Kier alpha value is -2.29. The van der Waals surface area contributed by atoms with Crippen LogP contribution in [0.25, 0.3) is 5.69 Å². The Morgan fingerprint density at radius 1 is 1.17 bits per heavy atom. The molecule has 0 bridgehead atoms. The van der Waals surface area contributed by atoms with Crippen molar-refractivity contribution < 1.29 is 14.3 Å².